The van der Waals surface area contributed by atoms with Crippen LogP contribution in [0.1, 0.15) is 136 Å². The Bertz CT molecular complexity index is 932. The van der Waals surface area contributed by atoms with E-state index in [1.165, 1.54) is 25.7 Å². The number of carboxylic acid groups (broad SMARTS) is 1. The lowest BCUT2D eigenvalue weighted by molar-refractivity contribution is -0.889. The van der Waals surface area contributed by atoms with Crippen LogP contribution in [0.25, 0.3) is 0 Å². The summed E-state index contributed by atoms with van der Waals surface area (Å²) in [6, 6.07) is -0.728. The van der Waals surface area contributed by atoms with Crippen LogP contribution in [-0.4, -0.2) is 75.5 Å². The number of ether oxygens (including phenoxy) is 3. The molecule has 0 radical (unpaired) electrons. The molecule has 0 aliphatic carbocycles. The number of carbonyl (C=O) groups excluding carboxylic acids is 3. The molecule has 0 bridgehead atoms. The first-order valence-corrected chi connectivity index (χ1v) is 18.7. The van der Waals surface area contributed by atoms with Crippen molar-refractivity contribution in [3.8, 4) is 0 Å². The lowest BCUT2D eigenvalue weighted by atomic mass is 10.1. The van der Waals surface area contributed by atoms with Crippen LogP contribution in [0.4, 0.5) is 0 Å². The van der Waals surface area contributed by atoms with Gasteiger partial charge in [0.1, 0.15) is 12.6 Å². The van der Waals surface area contributed by atoms with E-state index in [9.17, 15) is 19.5 Å². The van der Waals surface area contributed by atoms with Gasteiger partial charge >= 0.3 is 11.9 Å². The number of quaternary nitrogens is 1. The van der Waals surface area contributed by atoms with Crippen molar-refractivity contribution in [2.75, 3.05) is 41.0 Å². The predicted molar refractivity (Wildman–Crippen MR) is 194 cm³/mol. The number of aliphatic carboxylic acids is 1. The fourth-order valence-electron chi connectivity index (χ4n) is 5.06. The molecule has 0 heterocycles. The van der Waals surface area contributed by atoms with Gasteiger partial charge in [-0.3, -0.25) is 9.59 Å². The number of nitrogens with zero attached hydrogens (tertiary/aromatic N) is 1. The molecule has 0 saturated carbocycles. The molecule has 8 nitrogen and oxygen atoms in total. The van der Waals surface area contributed by atoms with Crippen LogP contribution in [-0.2, 0) is 28.6 Å². The number of hydrogen-bond donors (Lipinski definition) is 0. The average molecular weight is 676 g/mol. The summed E-state index contributed by atoms with van der Waals surface area (Å²) in [4.78, 5) is 36.5. The van der Waals surface area contributed by atoms with E-state index in [2.05, 4.69) is 62.5 Å². The van der Waals surface area contributed by atoms with Crippen LogP contribution in [0.15, 0.2) is 48.6 Å². The number of rotatable bonds is 32. The lowest BCUT2D eigenvalue weighted by Gasteiger charge is -2.34. The zero-order valence-electron chi connectivity index (χ0n) is 31.1. The van der Waals surface area contributed by atoms with E-state index in [1.807, 2.05) is 0 Å². The van der Waals surface area contributed by atoms with Gasteiger partial charge in [-0.05, 0) is 51.4 Å². The first-order chi connectivity index (χ1) is 23.1. The van der Waals surface area contributed by atoms with Gasteiger partial charge in [0, 0.05) is 19.3 Å². The van der Waals surface area contributed by atoms with E-state index < -0.39 is 18.1 Å². The molecule has 2 atom stereocenters. The number of carbonyl (C=O) groups is 3. The second kappa shape index (κ2) is 31.6. The number of esters is 2. The topological polar surface area (TPSA) is 102 Å². The third-order valence-corrected chi connectivity index (χ3v) is 7.98. The highest BCUT2D eigenvalue weighted by molar-refractivity contribution is 5.70. The van der Waals surface area contributed by atoms with Crippen LogP contribution >= 0.6 is 0 Å². The minimum absolute atomic E-state index is 0.0300. The standard InChI is InChI=1S/C40H69NO7/c1-6-8-10-12-14-15-16-17-18-19-20-21-22-23-25-27-29-31-39(43)48-36(34-46-33-32-37(40(44)45)41(3,4)5)35-47-38(42)30-28-26-24-13-11-9-7-2/h8,10,14-15,17-18,20-21,36-37H,6-7,9,11-13,16,19,22-35H2,1-5H3/b10-8-,15-14-,18-17-,21-20-. The Morgan fingerprint density at radius 1 is 0.646 bits per heavy atom. The summed E-state index contributed by atoms with van der Waals surface area (Å²) < 4.78 is 17.0. The van der Waals surface area contributed by atoms with Gasteiger partial charge in [0.05, 0.1) is 40.3 Å². The minimum Gasteiger partial charge on any atom is -0.544 e. The Balaban J connectivity index is 4.43. The maximum atomic E-state index is 12.6. The van der Waals surface area contributed by atoms with Gasteiger partial charge in [-0.2, -0.15) is 0 Å². The highest BCUT2D eigenvalue weighted by atomic mass is 16.6. The molecule has 0 aromatic heterocycles. The average Bonchev–Trinajstić information content (AvgIpc) is 3.03. The van der Waals surface area contributed by atoms with Gasteiger partial charge in [0.2, 0.25) is 0 Å². The minimum atomic E-state index is -1.13. The zero-order chi connectivity index (χ0) is 35.7. The molecular formula is C40H69NO7. The summed E-state index contributed by atoms with van der Waals surface area (Å²) >= 11 is 0. The fraction of sp³-hybridized carbons (Fsp3) is 0.725. The lowest BCUT2D eigenvalue weighted by Crippen LogP contribution is -2.55. The molecule has 0 N–H and O–H groups in total. The smallest absolute Gasteiger partial charge is 0.306 e. The van der Waals surface area contributed by atoms with Gasteiger partial charge in [-0.15, -0.1) is 0 Å². The normalized spacial score (nSPS) is 13.6. The molecule has 0 aromatic rings. The van der Waals surface area contributed by atoms with Crippen LogP contribution in [0.5, 0.6) is 0 Å². The van der Waals surface area contributed by atoms with E-state index in [1.54, 1.807) is 21.1 Å². The molecule has 48 heavy (non-hydrogen) atoms. The van der Waals surface area contributed by atoms with E-state index in [0.717, 1.165) is 77.0 Å². The van der Waals surface area contributed by atoms with Crippen molar-refractivity contribution in [1.82, 2.24) is 0 Å². The number of carboxylic acids is 1. The Kier molecular flexibility index (Phi) is 29.8. The van der Waals surface area contributed by atoms with Gasteiger partial charge < -0.3 is 28.6 Å². The first kappa shape index (κ1) is 45.3. The van der Waals surface area contributed by atoms with Crippen LogP contribution in [0.2, 0.25) is 0 Å². The number of unbranched alkanes of at least 4 members (excludes halogenated alkanes) is 10. The first-order valence-electron chi connectivity index (χ1n) is 18.7. The molecule has 8 heteroatoms. The summed E-state index contributed by atoms with van der Waals surface area (Å²) in [5.74, 6) is -1.78. The molecule has 0 fully saturated rings. The predicted octanol–water partition coefficient (Wildman–Crippen LogP) is 7.96. The molecule has 0 aliphatic heterocycles. The Labute approximate surface area is 293 Å². The zero-order valence-corrected chi connectivity index (χ0v) is 31.1. The van der Waals surface area contributed by atoms with E-state index in [4.69, 9.17) is 14.2 Å². The summed E-state index contributed by atoms with van der Waals surface area (Å²) in [6.07, 6.45) is 34.3. The Morgan fingerprint density at radius 2 is 1.17 bits per heavy atom. The molecule has 0 aromatic carbocycles. The van der Waals surface area contributed by atoms with Crippen molar-refractivity contribution >= 4 is 17.9 Å². The molecule has 0 aliphatic rings. The molecule has 2 unspecified atom stereocenters. The SMILES string of the molecule is CC/C=C\C/C=C\C/C=C\C/C=C\CCCCCCC(=O)OC(COCCC(C(=O)[O-])[N+](C)(C)C)COC(=O)CCCCCCCCC. The van der Waals surface area contributed by atoms with Crippen molar-refractivity contribution < 1.29 is 38.2 Å². The maximum Gasteiger partial charge on any atom is 0.306 e. The third kappa shape index (κ3) is 29.4. The number of hydrogen-bond acceptors (Lipinski definition) is 7. The maximum absolute atomic E-state index is 12.6. The second-order valence-electron chi connectivity index (χ2n) is 13.4. The quantitative estimate of drug-likeness (QED) is 0.0309. The summed E-state index contributed by atoms with van der Waals surface area (Å²) in [7, 11) is 5.38. The van der Waals surface area contributed by atoms with E-state index in [-0.39, 0.29) is 42.7 Å². The van der Waals surface area contributed by atoms with Gasteiger partial charge in [0.25, 0.3) is 0 Å². The van der Waals surface area contributed by atoms with Crippen molar-refractivity contribution in [2.45, 2.75) is 148 Å². The van der Waals surface area contributed by atoms with Gasteiger partial charge in [-0.25, -0.2) is 0 Å². The van der Waals surface area contributed by atoms with Gasteiger partial charge in [0.15, 0.2) is 6.10 Å². The number of likely N-dealkylation sites (N-methyl/N-ethyl adjacent to an activating group) is 1. The van der Waals surface area contributed by atoms with Crippen molar-refractivity contribution in [2.24, 2.45) is 0 Å². The van der Waals surface area contributed by atoms with Crippen LogP contribution in [0, 0.1) is 0 Å². The van der Waals surface area contributed by atoms with Gasteiger partial charge in [-0.1, -0.05) is 114 Å². The molecular weight excluding hydrogens is 606 g/mol. The highest BCUT2D eigenvalue weighted by Crippen LogP contribution is 2.12. The number of allylic oxidation sites excluding steroid dienone is 8. The monoisotopic (exact) mass is 676 g/mol. The molecule has 0 amide bonds. The van der Waals surface area contributed by atoms with Crippen molar-refractivity contribution in [3.05, 3.63) is 48.6 Å². The molecule has 0 saturated heterocycles. The van der Waals surface area contributed by atoms with E-state index in [0.29, 0.717) is 12.8 Å². The largest absolute Gasteiger partial charge is 0.544 e. The summed E-state index contributed by atoms with van der Waals surface area (Å²) in [5, 5.41) is 11.5. The highest BCUT2D eigenvalue weighted by Gasteiger charge is 2.25. The van der Waals surface area contributed by atoms with Crippen LogP contribution < -0.4 is 5.11 Å². The van der Waals surface area contributed by atoms with Crippen molar-refractivity contribution in [3.63, 3.8) is 0 Å². The summed E-state index contributed by atoms with van der Waals surface area (Å²) in [5.41, 5.74) is 0. The Morgan fingerprint density at radius 3 is 1.73 bits per heavy atom. The molecule has 276 valence electrons. The molecule has 0 rings (SSSR count). The second-order valence-corrected chi connectivity index (χ2v) is 13.4. The van der Waals surface area contributed by atoms with Crippen molar-refractivity contribution in [1.29, 1.82) is 0 Å². The molecule has 0 spiro atoms. The van der Waals surface area contributed by atoms with Crippen LogP contribution in [0.3, 0.4) is 0 Å². The van der Waals surface area contributed by atoms with E-state index >= 15 is 0 Å². The fourth-order valence-corrected chi connectivity index (χ4v) is 5.06. The Hall–Kier alpha value is -2.71. The third-order valence-electron chi connectivity index (χ3n) is 7.98. The summed E-state index contributed by atoms with van der Waals surface area (Å²) in [6.45, 7) is 4.45.